The number of amides is 1. The molecule has 39 heavy (non-hydrogen) atoms. The van der Waals surface area contributed by atoms with Crippen LogP contribution in [0, 0.1) is 6.92 Å². The molecule has 0 aliphatic carbocycles. The Hall–Kier alpha value is -4.41. The number of carbonyl (C=O) groups excluding carboxylic acids is 1. The van der Waals surface area contributed by atoms with Gasteiger partial charge in [-0.05, 0) is 41.8 Å². The van der Waals surface area contributed by atoms with Gasteiger partial charge in [-0.15, -0.1) is 0 Å². The van der Waals surface area contributed by atoms with Crippen molar-refractivity contribution >= 4 is 5.91 Å². The van der Waals surface area contributed by atoms with E-state index < -0.39 is 0 Å². The highest BCUT2D eigenvalue weighted by atomic mass is 16.2. The minimum atomic E-state index is 0.106. The average Bonchev–Trinajstić information content (AvgIpc) is 3.36. The fourth-order valence-electron chi connectivity index (χ4n) is 5.79. The molecule has 1 aromatic heterocycles. The molecule has 194 valence electrons. The first-order chi connectivity index (χ1) is 19.2. The lowest BCUT2D eigenvalue weighted by Gasteiger charge is -2.39. The molecule has 0 spiro atoms. The number of benzene rings is 4. The number of aromatic nitrogens is 1. The Morgan fingerprint density at radius 2 is 1.13 bits per heavy atom. The van der Waals surface area contributed by atoms with Crippen molar-refractivity contribution in [1.29, 1.82) is 0 Å². The fraction of sp³-hybridized carbons (Fsp3) is 0.171. The van der Waals surface area contributed by atoms with Crippen LogP contribution in [0.3, 0.4) is 0 Å². The highest BCUT2D eigenvalue weighted by molar-refractivity contribution is 5.97. The van der Waals surface area contributed by atoms with E-state index in [4.69, 9.17) is 0 Å². The van der Waals surface area contributed by atoms with E-state index in [2.05, 4.69) is 107 Å². The largest absolute Gasteiger partial charge is 0.336 e. The van der Waals surface area contributed by atoms with Gasteiger partial charge in [0.25, 0.3) is 5.91 Å². The van der Waals surface area contributed by atoms with Crippen LogP contribution in [-0.2, 0) is 0 Å². The van der Waals surface area contributed by atoms with E-state index in [-0.39, 0.29) is 11.9 Å². The lowest BCUT2D eigenvalue weighted by Crippen LogP contribution is -2.50. The summed E-state index contributed by atoms with van der Waals surface area (Å²) in [6, 6.07) is 44.2. The number of carbonyl (C=O) groups is 1. The summed E-state index contributed by atoms with van der Waals surface area (Å²) in [5.41, 5.74) is 7.51. The summed E-state index contributed by atoms with van der Waals surface area (Å²) in [4.78, 5) is 18.5. The van der Waals surface area contributed by atoms with Crippen molar-refractivity contribution in [3.05, 3.63) is 150 Å². The van der Waals surface area contributed by atoms with Crippen LogP contribution < -0.4 is 0 Å². The van der Waals surface area contributed by atoms with E-state index in [1.165, 1.54) is 11.1 Å². The zero-order valence-electron chi connectivity index (χ0n) is 22.3. The molecule has 1 aliphatic rings. The highest BCUT2D eigenvalue weighted by Gasteiger charge is 2.30. The molecule has 4 aromatic carbocycles. The van der Waals surface area contributed by atoms with Crippen molar-refractivity contribution in [1.82, 2.24) is 14.4 Å². The van der Waals surface area contributed by atoms with Gasteiger partial charge in [-0.3, -0.25) is 9.69 Å². The first-order valence-electron chi connectivity index (χ1n) is 13.7. The molecule has 0 atom stereocenters. The molecule has 1 fully saturated rings. The van der Waals surface area contributed by atoms with Gasteiger partial charge in [0.15, 0.2) is 0 Å². The van der Waals surface area contributed by atoms with Crippen LogP contribution in [0.15, 0.2) is 127 Å². The minimum absolute atomic E-state index is 0.106. The van der Waals surface area contributed by atoms with Gasteiger partial charge < -0.3 is 9.47 Å². The van der Waals surface area contributed by atoms with E-state index in [9.17, 15) is 4.79 Å². The topological polar surface area (TPSA) is 28.5 Å². The first kappa shape index (κ1) is 24.9. The average molecular weight is 512 g/mol. The summed E-state index contributed by atoms with van der Waals surface area (Å²) >= 11 is 0. The summed E-state index contributed by atoms with van der Waals surface area (Å²) in [6.07, 6.45) is 0. The quantitative estimate of drug-likeness (QED) is 0.246. The molecule has 1 saturated heterocycles. The molecule has 6 rings (SSSR count). The van der Waals surface area contributed by atoms with Crippen molar-refractivity contribution in [3.8, 4) is 16.9 Å². The maximum atomic E-state index is 14.0. The van der Waals surface area contributed by atoms with Crippen LogP contribution in [-0.4, -0.2) is 46.5 Å². The van der Waals surface area contributed by atoms with Gasteiger partial charge in [0, 0.05) is 37.6 Å². The Bertz CT molecular complexity index is 1480. The Kier molecular flexibility index (Phi) is 7.11. The van der Waals surface area contributed by atoms with Crippen LogP contribution in [0.4, 0.5) is 0 Å². The van der Waals surface area contributed by atoms with E-state index in [0.29, 0.717) is 13.1 Å². The smallest absolute Gasteiger partial charge is 0.255 e. The Labute approximate surface area is 230 Å². The second-order valence-corrected chi connectivity index (χ2v) is 10.1. The zero-order valence-corrected chi connectivity index (χ0v) is 22.3. The molecule has 0 saturated carbocycles. The molecule has 0 bridgehead atoms. The second kappa shape index (κ2) is 11.1. The van der Waals surface area contributed by atoms with Crippen molar-refractivity contribution in [2.24, 2.45) is 0 Å². The van der Waals surface area contributed by atoms with E-state index >= 15 is 0 Å². The third-order valence-electron chi connectivity index (χ3n) is 7.76. The molecule has 1 aliphatic heterocycles. The molecule has 2 heterocycles. The molecule has 4 heteroatoms. The second-order valence-electron chi connectivity index (χ2n) is 10.1. The predicted octanol–water partition coefficient (Wildman–Crippen LogP) is 7.00. The van der Waals surface area contributed by atoms with Crippen LogP contribution in [0.1, 0.15) is 33.2 Å². The summed E-state index contributed by atoms with van der Waals surface area (Å²) < 4.78 is 2.21. The van der Waals surface area contributed by atoms with Gasteiger partial charge in [0.05, 0.1) is 17.3 Å². The van der Waals surface area contributed by atoms with Crippen LogP contribution in [0.5, 0.6) is 0 Å². The third-order valence-corrected chi connectivity index (χ3v) is 7.76. The fourth-order valence-corrected chi connectivity index (χ4v) is 5.79. The summed E-state index contributed by atoms with van der Waals surface area (Å²) in [6.45, 7) is 5.11. The van der Waals surface area contributed by atoms with E-state index in [0.717, 1.165) is 41.3 Å². The molecular weight excluding hydrogens is 478 g/mol. The van der Waals surface area contributed by atoms with Crippen molar-refractivity contribution in [3.63, 3.8) is 0 Å². The molecule has 0 unspecified atom stereocenters. The molecule has 1 amide bonds. The number of para-hydroxylation sites is 1. The third kappa shape index (κ3) is 5.04. The van der Waals surface area contributed by atoms with Crippen molar-refractivity contribution < 1.29 is 4.79 Å². The standard InChI is InChI=1S/C35H33N3O/c1-27-32(26-33(28-14-6-2-7-15-28)38(27)31-20-12-5-13-21-31)35(39)37-24-22-36(23-25-37)34(29-16-8-3-9-17-29)30-18-10-4-11-19-30/h2-21,26,34H,22-25H2,1H3. The van der Waals surface area contributed by atoms with Crippen LogP contribution in [0.2, 0.25) is 0 Å². The van der Waals surface area contributed by atoms with Gasteiger partial charge in [0.2, 0.25) is 0 Å². The SMILES string of the molecule is Cc1c(C(=O)N2CCN(C(c3ccccc3)c3ccccc3)CC2)cc(-c2ccccc2)n1-c1ccccc1. The summed E-state index contributed by atoms with van der Waals surface area (Å²) in [5.74, 6) is 0.106. The molecule has 5 aromatic rings. The van der Waals surface area contributed by atoms with Crippen LogP contribution in [0.25, 0.3) is 16.9 Å². The molecule has 0 N–H and O–H groups in total. The van der Waals surface area contributed by atoms with Gasteiger partial charge in [-0.25, -0.2) is 0 Å². The maximum Gasteiger partial charge on any atom is 0.255 e. The molecule has 4 nitrogen and oxygen atoms in total. The number of hydrogen-bond acceptors (Lipinski definition) is 2. The summed E-state index contributed by atoms with van der Waals surface area (Å²) in [7, 11) is 0. The normalized spacial score (nSPS) is 14.1. The lowest BCUT2D eigenvalue weighted by molar-refractivity contribution is 0.0596. The van der Waals surface area contributed by atoms with Gasteiger partial charge in [-0.2, -0.15) is 0 Å². The zero-order chi connectivity index (χ0) is 26.6. The van der Waals surface area contributed by atoms with Gasteiger partial charge in [-0.1, -0.05) is 109 Å². The predicted molar refractivity (Wildman–Crippen MR) is 158 cm³/mol. The molecular formula is C35H33N3O. The van der Waals surface area contributed by atoms with E-state index in [1.807, 2.05) is 41.3 Å². The Morgan fingerprint density at radius 1 is 0.641 bits per heavy atom. The number of nitrogens with zero attached hydrogens (tertiary/aromatic N) is 3. The minimum Gasteiger partial charge on any atom is -0.336 e. The Morgan fingerprint density at radius 3 is 1.67 bits per heavy atom. The van der Waals surface area contributed by atoms with Gasteiger partial charge in [0.1, 0.15) is 0 Å². The van der Waals surface area contributed by atoms with Crippen LogP contribution >= 0.6 is 0 Å². The van der Waals surface area contributed by atoms with Crippen molar-refractivity contribution in [2.45, 2.75) is 13.0 Å². The number of hydrogen-bond donors (Lipinski definition) is 0. The number of rotatable bonds is 6. The Balaban J connectivity index is 1.27. The lowest BCUT2D eigenvalue weighted by atomic mass is 9.96. The maximum absolute atomic E-state index is 14.0. The first-order valence-corrected chi connectivity index (χ1v) is 13.7. The van der Waals surface area contributed by atoms with Crippen molar-refractivity contribution in [2.75, 3.05) is 26.2 Å². The highest BCUT2D eigenvalue weighted by Crippen LogP contribution is 2.32. The number of piperazine rings is 1. The summed E-state index contributed by atoms with van der Waals surface area (Å²) in [5, 5.41) is 0. The monoisotopic (exact) mass is 511 g/mol. The van der Waals surface area contributed by atoms with Gasteiger partial charge >= 0.3 is 0 Å². The molecule has 0 radical (unpaired) electrons. The van der Waals surface area contributed by atoms with E-state index in [1.54, 1.807) is 0 Å².